The van der Waals surface area contributed by atoms with E-state index in [1.165, 1.54) is 5.56 Å². The Morgan fingerprint density at radius 2 is 2.00 bits per heavy atom. The first kappa shape index (κ1) is 10.7. The van der Waals surface area contributed by atoms with Gasteiger partial charge in [0.25, 0.3) is 0 Å². The molecule has 2 aromatic rings. The normalized spacial score (nSPS) is 12.6. The number of imidazole rings is 1. The fourth-order valence-electron chi connectivity index (χ4n) is 1.79. The van der Waals surface area contributed by atoms with E-state index in [1.807, 2.05) is 25.3 Å². The van der Waals surface area contributed by atoms with Crippen LogP contribution in [-0.2, 0) is 6.42 Å². The minimum absolute atomic E-state index is 0.400. The number of H-pyrrole nitrogens is 1. The molecule has 0 amide bonds. The lowest BCUT2D eigenvalue weighted by molar-refractivity contribution is 0.709. The summed E-state index contributed by atoms with van der Waals surface area (Å²) in [5, 5.41) is 0. The van der Waals surface area contributed by atoms with Crippen LogP contribution in [0.3, 0.4) is 0 Å². The number of nitrogen functional groups attached to an aromatic ring is 1. The van der Waals surface area contributed by atoms with Gasteiger partial charge in [0.05, 0.1) is 0 Å². The summed E-state index contributed by atoms with van der Waals surface area (Å²) in [6, 6.07) is 8.02. The monoisotopic (exact) mass is 215 g/mol. The van der Waals surface area contributed by atoms with Crippen molar-refractivity contribution in [1.29, 1.82) is 0 Å². The van der Waals surface area contributed by atoms with Crippen molar-refractivity contribution < 1.29 is 0 Å². The van der Waals surface area contributed by atoms with Crippen molar-refractivity contribution in [2.24, 2.45) is 0 Å². The van der Waals surface area contributed by atoms with Gasteiger partial charge in [-0.05, 0) is 31.0 Å². The van der Waals surface area contributed by atoms with Crippen LogP contribution in [0.25, 0.3) is 0 Å². The highest BCUT2D eigenvalue weighted by atomic mass is 14.9. The summed E-state index contributed by atoms with van der Waals surface area (Å²) in [6.45, 7) is 4.20. The van der Waals surface area contributed by atoms with Crippen LogP contribution in [0.4, 0.5) is 5.69 Å². The van der Waals surface area contributed by atoms with Crippen molar-refractivity contribution in [3.05, 3.63) is 47.5 Å². The fraction of sp³-hybridized carbons (Fsp3) is 0.308. The van der Waals surface area contributed by atoms with E-state index >= 15 is 0 Å². The van der Waals surface area contributed by atoms with Crippen molar-refractivity contribution >= 4 is 5.69 Å². The Kier molecular flexibility index (Phi) is 2.95. The van der Waals surface area contributed by atoms with E-state index in [2.05, 4.69) is 29.0 Å². The highest BCUT2D eigenvalue weighted by Gasteiger charge is 2.09. The van der Waals surface area contributed by atoms with Gasteiger partial charge in [0.2, 0.25) is 0 Å². The molecule has 0 spiro atoms. The lowest BCUT2D eigenvalue weighted by Crippen LogP contribution is -2.01. The largest absolute Gasteiger partial charge is 0.399 e. The number of rotatable bonds is 3. The van der Waals surface area contributed by atoms with Gasteiger partial charge >= 0.3 is 0 Å². The molecule has 1 unspecified atom stereocenters. The Hall–Kier alpha value is -1.77. The zero-order valence-electron chi connectivity index (χ0n) is 9.70. The number of aryl methyl sites for hydroxylation is 1. The summed E-state index contributed by atoms with van der Waals surface area (Å²) < 4.78 is 0. The summed E-state index contributed by atoms with van der Waals surface area (Å²) in [7, 11) is 0. The van der Waals surface area contributed by atoms with Crippen molar-refractivity contribution in [3.8, 4) is 0 Å². The topological polar surface area (TPSA) is 54.7 Å². The maximum absolute atomic E-state index is 5.65. The average molecular weight is 215 g/mol. The number of anilines is 1. The number of hydrogen-bond acceptors (Lipinski definition) is 2. The minimum atomic E-state index is 0.400. The molecule has 1 aromatic carbocycles. The first-order valence-corrected chi connectivity index (χ1v) is 5.51. The fourth-order valence-corrected chi connectivity index (χ4v) is 1.79. The number of nitrogens with one attached hydrogen (secondary N) is 1. The number of aromatic nitrogens is 2. The van der Waals surface area contributed by atoms with Crippen molar-refractivity contribution in [1.82, 2.24) is 9.97 Å². The van der Waals surface area contributed by atoms with Crippen LogP contribution < -0.4 is 5.73 Å². The molecule has 16 heavy (non-hydrogen) atoms. The highest BCUT2D eigenvalue weighted by molar-refractivity contribution is 5.39. The van der Waals surface area contributed by atoms with Crippen LogP contribution in [0.2, 0.25) is 0 Å². The number of nitrogens with two attached hydrogens (primary N) is 1. The second-order valence-electron chi connectivity index (χ2n) is 4.30. The van der Waals surface area contributed by atoms with E-state index < -0.39 is 0 Å². The summed E-state index contributed by atoms with van der Waals surface area (Å²) in [4.78, 5) is 7.62. The number of hydrogen-bond donors (Lipinski definition) is 2. The number of aromatic amines is 1. The Bertz CT molecular complexity index is 456. The predicted octanol–water partition coefficient (Wildman–Crippen LogP) is 2.65. The molecule has 3 heteroatoms. The van der Waals surface area contributed by atoms with Crippen molar-refractivity contribution in [2.75, 3.05) is 5.73 Å². The Balaban J connectivity index is 2.07. The maximum atomic E-state index is 5.65. The van der Waals surface area contributed by atoms with Gasteiger partial charge < -0.3 is 10.7 Å². The molecule has 0 bridgehead atoms. The molecule has 0 saturated heterocycles. The maximum Gasteiger partial charge on any atom is 0.109 e. The van der Waals surface area contributed by atoms with Gasteiger partial charge in [0, 0.05) is 23.5 Å². The van der Waals surface area contributed by atoms with Gasteiger partial charge in [0.15, 0.2) is 0 Å². The van der Waals surface area contributed by atoms with Gasteiger partial charge in [-0.15, -0.1) is 0 Å². The molecular formula is C13H17N3. The van der Waals surface area contributed by atoms with Crippen molar-refractivity contribution in [3.63, 3.8) is 0 Å². The molecule has 2 rings (SSSR count). The molecule has 3 N–H and O–H groups in total. The van der Waals surface area contributed by atoms with Crippen LogP contribution in [0.5, 0.6) is 0 Å². The van der Waals surface area contributed by atoms with E-state index in [4.69, 9.17) is 5.73 Å². The van der Waals surface area contributed by atoms with Crippen molar-refractivity contribution in [2.45, 2.75) is 26.2 Å². The molecule has 84 valence electrons. The zero-order valence-corrected chi connectivity index (χ0v) is 9.70. The highest BCUT2D eigenvalue weighted by Crippen LogP contribution is 2.18. The Labute approximate surface area is 95.7 Å². The third-order valence-electron chi connectivity index (χ3n) is 2.71. The molecule has 0 radical (unpaired) electrons. The van der Waals surface area contributed by atoms with E-state index in [-0.39, 0.29) is 0 Å². The Morgan fingerprint density at radius 1 is 1.31 bits per heavy atom. The van der Waals surface area contributed by atoms with Crippen LogP contribution in [0.1, 0.15) is 29.9 Å². The molecule has 0 aliphatic heterocycles. The van der Waals surface area contributed by atoms with Gasteiger partial charge in [-0.1, -0.05) is 19.1 Å². The molecule has 1 heterocycles. The molecule has 0 fully saturated rings. The van der Waals surface area contributed by atoms with Gasteiger partial charge in [0.1, 0.15) is 5.82 Å². The summed E-state index contributed by atoms with van der Waals surface area (Å²) >= 11 is 0. The van der Waals surface area contributed by atoms with Gasteiger partial charge in [-0.25, -0.2) is 4.98 Å². The quantitative estimate of drug-likeness (QED) is 0.773. The summed E-state index contributed by atoms with van der Waals surface area (Å²) in [6.07, 6.45) is 2.85. The van der Waals surface area contributed by atoms with Gasteiger partial charge in [-0.2, -0.15) is 0 Å². The smallest absolute Gasteiger partial charge is 0.109 e. The summed E-state index contributed by atoms with van der Waals surface area (Å²) in [5.41, 5.74) is 8.86. The molecule has 0 aliphatic carbocycles. The van der Waals surface area contributed by atoms with Crippen LogP contribution in [0, 0.1) is 6.92 Å². The van der Waals surface area contributed by atoms with Gasteiger partial charge in [-0.3, -0.25) is 0 Å². The molecule has 1 atom stereocenters. The van der Waals surface area contributed by atoms with E-state index in [0.29, 0.717) is 5.92 Å². The summed E-state index contributed by atoms with van der Waals surface area (Å²) in [5.74, 6) is 1.45. The minimum Gasteiger partial charge on any atom is -0.399 e. The number of nitrogens with zero attached hydrogens (tertiary/aromatic N) is 1. The van der Waals surface area contributed by atoms with E-state index in [9.17, 15) is 0 Å². The lowest BCUT2D eigenvalue weighted by atomic mass is 10.0. The Morgan fingerprint density at radius 3 is 2.56 bits per heavy atom. The second kappa shape index (κ2) is 4.39. The van der Waals surface area contributed by atoms with E-state index in [0.717, 1.165) is 23.6 Å². The van der Waals surface area contributed by atoms with Crippen LogP contribution >= 0.6 is 0 Å². The predicted molar refractivity (Wildman–Crippen MR) is 66.3 cm³/mol. The molecule has 0 aliphatic rings. The zero-order chi connectivity index (χ0) is 11.5. The second-order valence-corrected chi connectivity index (χ2v) is 4.30. The number of benzene rings is 1. The standard InChI is InChI=1S/C13H17N3/c1-9(13-15-8-10(2)16-13)7-11-3-5-12(14)6-4-11/h3-6,8-9H,7,14H2,1-2H3,(H,15,16). The first-order chi connectivity index (χ1) is 7.65. The van der Waals surface area contributed by atoms with Crippen LogP contribution in [-0.4, -0.2) is 9.97 Å². The third-order valence-corrected chi connectivity index (χ3v) is 2.71. The first-order valence-electron chi connectivity index (χ1n) is 5.51. The van der Waals surface area contributed by atoms with Crippen LogP contribution in [0.15, 0.2) is 30.5 Å². The third kappa shape index (κ3) is 2.42. The SMILES string of the molecule is Cc1cnc(C(C)Cc2ccc(N)cc2)[nH]1. The lowest BCUT2D eigenvalue weighted by Gasteiger charge is -2.08. The molecule has 0 saturated carbocycles. The molecule has 1 aromatic heterocycles. The molecule has 3 nitrogen and oxygen atoms in total. The average Bonchev–Trinajstić information content (AvgIpc) is 2.68. The van der Waals surface area contributed by atoms with E-state index in [1.54, 1.807) is 0 Å². The molecular weight excluding hydrogens is 198 g/mol.